The zero-order valence-corrected chi connectivity index (χ0v) is 48.4. The summed E-state index contributed by atoms with van der Waals surface area (Å²) in [6.07, 6.45) is 6.00. The van der Waals surface area contributed by atoms with Crippen LogP contribution in [0.25, 0.3) is 55.6 Å². The van der Waals surface area contributed by atoms with Crippen molar-refractivity contribution in [1.82, 2.24) is 0 Å². The van der Waals surface area contributed by atoms with Crippen molar-refractivity contribution in [3.63, 3.8) is 0 Å². The Labute approximate surface area is 473 Å². The Balaban J connectivity index is 0.000000149. The van der Waals surface area contributed by atoms with Crippen molar-refractivity contribution in [2.75, 3.05) is 13.2 Å². The van der Waals surface area contributed by atoms with E-state index in [-0.39, 0.29) is 23.8 Å². The van der Waals surface area contributed by atoms with Crippen molar-refractivity contribution >= 4 is 28.5 Å². The fourth-order valence-corrected chi connectivity index (χ4v) is 10.4. The smallest absolute Gasteiger partial charge is 0.465 e. The van der Waals surface area contributed by atoms with Crippen molar-refractivity contribution in [2.45, 2.75) is 130 Å². The number of rotatable bonds is 12. The molecule has 402 valence electrons. The van der Waals surface area contributed by atoms with Crippen LogP contribution in [0.5, 0.6) is 11.5 Å². The van der Waals surface area contributed by atoms with Gasteiger partial charge in [0.15, 0.2) is 12.6 Å². The number of ether oxygens (including phenoxy) is 4. The lowest BCUT2D eigenvalue weighted by atomic mass is 9.76. The molecule has 3 aliphatic heterocycles. The molecular weight excluding hydrogens is 1030 g/mol. The maximum atomic E-state index is 6.44. The van der Waals surface area contributed by atoms with Crippen molar-refractivity contribution in [2.24, 2.45) is 0 Å². The Morgan fingerprint density at radius 1 is 0.423 bits per heavy atom. The molecule has 0 aromatic heterocycles. The summed E-state index contributed by atoms with van der Waals surface area (Å²) in [4.78, 5) is 0. The molecule has 0 saturated carbocycles. The van der Waals surface area contributed by atoms with Crippen LogP contribution in [0.3, 0.4) is 0 Å². The van der Waals surface area contributed by atoms with E-state index >= 15 is 0 Å². The van der Waals surface area contributed by atoms with Gasteiger partial charge in [-0.05, 0) is 181 Å². The lowest BCUT2D eigenvalue weighted by Crippen LogP contribution is -2.41. The molecule has 8 aromatic carbocycles. The molecule has 8 aromatic rings. The molecule has 0 spiro atoms. The molecule has 3 saturated heterocycles. The topological polar surface area (TPSA) is 55.4 Å². The van der Waals surface area contributed by atoms with E-state index in [4.69, 9.17) is 28.3 Å². The third-order valence-corrected chi connectivity index (χ3v) is 15.7. The highest BCUT2D eigenvalue weighted by Crippen LogP contribution is 2.41. The predicted molar refractivity (Wildman–Crippen MR) is 327 cm³/mol. The molecule has 3 aliphatic rings. The van der Waals surface area contributed by atoms with Crippen molar-refractivity contribution in [3.8, 4) is 67.1 Å². The van der Waals surface area contributed by atoms with E-state index in [0.717, 1.165) is 84.3 Å². The minimum atomic E-state index is -0.428. The fraction of sp³-hybridized carbons (Fsp3) is 0.314. The lowest BCUT2D eigenvalue weighted by molar-refractivity contribution is -0.105. The third-order valence-electron chi connectivity index (χ3n) is 15.2. The van der Waals surface area contributed by atoms with Crippen LogP contribution in [0.15, 0.2) is 199 Å². The molecule has 0 aliphatic carbocycles. The Morgan fingerprint density at radius 3 is 1.19 bits per heavy atom. The average Bonchev–Trinajstić information content (AvgIpc) is 3.83. The summed E-state index contributed by atoms with van der Waals surface area (Å²) < 4.78 is 37.9. The first-order valence-corrected chi connectivity index (χ1v) is 28.9. The van der Waals surface area contributed by atoms with Gasteiger partial charge in [-0.15, -0.1) is 0 Å². The average molecular weight is 1100 g/mol. The maximum absolute atomic E-state index is 6.44. The Bertz CT molecular complexity index is 3040. The van der Waals surface area contributed by atoms with E-state index in [1.165, 1.54) is 55.6 Å². The standard InChI is InChI=1S/C32H32O2.C20H31BO4.C18H13Br/c1-23(2)26-16-17-31(34-32-15-9-10-18-33-32)30(22-26)29-20-27(24-11-5-3-6-12-24)19-28(21-29)25-13-7-4-8-14-25;1-14(2)15-10-11-17(23-18-9-7-8-12-22-18)16(13-15)21-24-19(3,4)20(5,6)25-21;19-18-12-16(14-7-3-1-4-8-14)11-17(13-18)15-9-5-2-6-10-15/h3-8,11-14,16-17,19-23,32H,9-10,15,18H2,1-2H3;10-11,13-14,18H,7-9,12H2,1-6H3;1-13H. The SMILES string of the molecule is Brc1cc(-c2ccccc2)cc(-c2ccccc2)c1.CC(C)c1ccc(OC2CCCCO2)c(-c2cc(-c3ccccc3)cc(-c3ccccc3)c2)c1.CC(C)c1ccc(OC2CCCCO2)c(B2OC(C)(C)C(C)(C)O2)c1. The molecule has 3 heterocycles. The summed E-state index contributed by atoms with van der Waals surface area (Å²) in [5.41, 5.74) is 14.8. The zero-order valence-electron chi connectivity index (χ0n) is 46.8. The quantitative estimate of drug-likeness (QED) is 0.114. The minimum absolute atomic E-state index is 0.178. The second-order valence-electron chi connectivity index (χ2n) is 22.3. The summed E-state index contributed by atoms with van der Waals surface area (Å²) in [5, 5.41) is 0. The van der Waals surface area contributed by atoms with Gasteiger partial charge in [0.05, 0.1) is 24.4 Å². The van der Waals surface area contributed by atoms with Gasteiger partial charge in [-0.1, -0.05) is 183 Å². The molecule has 2 atom stereocenters. The van der Waals surface area contributed by atoms with Gasteiger partial charge in [-0.2, -0.15) is 0 Å². The molecule has 2 unspecified atom stereocenters. The summed E-state index contributed by atoms with van der Waals surface area (Å²) in [5.74, 6) is 2.56. The van der Waals surface area contributed by atoms with E-state index in [9.17, 15) is 0 Å². The van der Waals surface area contributed by atoms with E-state index in [1.807, 2.05) is 18.2 Å². The van der Waals surface area contributed by atoms with Gasteiger partial charge in [0.2, 0.25) is 0 Å². The van der Waals surface area contributed by atoms with Gasteiger partial charge in [-0.25, -0.2) is 0 Å². The van der Waals surface area contributed by atoms with E-state index < -0.39 is 7.12 Å². The van der Waals surface area contributed by atoms with Crippen LogP contribution in [0.2, 0.25) is 0 Å². The van der Waals surface area contributed by atoms with Crippen molar-refractivity contribution < 1.29 is 28.3 Å². The highest BCUT2D eigenvalue weighted by atomic mass is 79.9. The monoisotopic (exact) mass is 1100 g/mol. The van der Waals surface area contributed by atoms with Gasteiger partial charge >= 0.3 is 7.12 Å². The molecule has 78 heavy (non-hydrogen) atoms. The van der Waals surface area contributed by atoms with Gasteiger partial charge in [0.25, 0.3) is 0 Å². The Morgan fingerprint density at radius 2 is 0.795 bits per heavy atom. The Hall–Kier alpha value is -6.26. The van der Waals surface area contributed by atoms with Crippen LogP contribution in [0.4, 0.5) is 0 Å². The first kappa shape index (κ1) is 56.5. The Kier molecular flexibility index (Phi) is 18.9. The highest BCUT2D eigenvalue weighted by Gasteiger charge is 2.52. The number of hydrogen-bond acceptors (Lipinski definition) is 6. The molecule has 0 bridgehead atoms. The highest BCUT2D eigenvalue weighted by molar-refractivity contribution is 9.10. The molecular formula is C70H76BBrO6. The largest absolute Gasteiger partial charge is 0.498 e. The van der Waals surface area contributed by atoms with Gasteiger partial charge in [0.1, 0.15) is 11.5 Å². The molecule has 8 heteroatoms. The van der Waals surface area contributed by atoms with Crippen LogP contribution >= 0.6 is 15.9 Å². The molecule has 11 rings (SSSR count). The molecule has 0 N–H and O–H groups in total. The molecule has 6 nitrogen and oxygen atoms in total. The molecule has 3 fully saturated rings. The van der Waals surface area contributed by atoms with E-state index in [2.05, 4.69) is 247 Å². The summed E-state index contributed by atoms with van der Waals surface area (Å²) in [7, 11) is -0.428. The van der Waals surface area contributed by atoms with Gasteiger partial charge in [0, 0.05) is 28.3 Å². The number of halogens is 1. The first-order valence-electron chi connectivity index (χ1n) is 28.1. The summed E-state index contributed by atoms with van der Waals surface area (Å²) in [6, 6.07) is 68.4. The van der Waals surface area contributed by atoms with Gasteiger partial charge in [-0.3, -0.25) is 0 Å². The van der Waals surface area contributed by atoms with E-state index in [0.29, 0.717) is 11.8 Å². The fourth-order valence-electron chi connectivity index (χ4n) is 9.88. The van der Waals surface area contributed by atoms with Crippen LogP contribution < -0.4 is 14.9 Å². The second kappa shape index (κ2) is 26.1. The number of benzene rings is 8. The van der Waals surface area contributed by atoms with E-state index in [1.54, 1.807) is 0 Å². The van der Waals surface area contributed by atoms with Crippen molar-refractivity contribution in [1.29, 1.82) is 0 Å². The normalized spacial score (nSPS) is 17.6. The predicted octanol–water partition coefficient (Wildman–Crippen LogP) is 18.5. The molecule has 0 amide bonds. The molecule has 0 radical (unpaired) electrons. The number of hydrogen-bond donors (Lipinski definition) is 0. The van der Waals surface area contributed by atoms with Crippen molar-refractivity contribution in [3.05, 3.63) is 210 Å². The van der Waals surface area contributed by atoms with Crippen LogP contribution in [0.1, 0.15) is 117 Å². The van der Waals surface area contributed by atoms with Gasteiger partial charge < -0.3 is 28.3 Å². The summed E-state index contributed by atoms with van der Waals surface area (Å²) in [6.45, 7) is 18.7. The van der Waals surface area contributed by atoms with Crippen LogP contribution in [-0.2, 0) is 18.8 Å². The maximum Gasteiger partial charge on any atom is 0.498 e. The zero-order chi connectivity index (χ0) is 54.7. The first-order chi connectivity index (χ1) is 37.7. The lowest BCUT2D eigenvalue weighted by Gasteiger charge is -2.32. The second-order valence-corrected chi connectivity index (χ2v) is 23.2. The third kappa shape index (κ3) is 14.5. The minimum Gasteiger partial charge on any atom is -0.465 e. The summed E-state index contributed by atoms with van der Waals surface area (Å²) >= 11 is 3.61. The van der Waals surface area contributed by atoms with Crippen LogP contribution in [0, 0.1) is 0 Å². The van der Waals surface area contributed by atoms with Crippen LogP contribution in [-0.4, -0.2) is 44.1 Å².